The van der Waals surface area contributed by atoms with Gasteiger partial charge in [0.15, 0.2) is 0 Å². The maximum Gasteiger partial charge on any atom is 0.240 e. The predicted molar refractivity (Wildman–Crippen MR) is 62.1 cm³/mol. The number of aromatic nitrogens is 2. The Kier molecular flexibility index (Phi) is 2.41. The monoisotopic (exact) mass is 233 g/mol. The van der Waals surface area contributed by atoms with Crippen molar-refractivity contribution in [1.29, 1.82) is 0 Å². The van der Waals surface area contributed by atoms with Gasteiger partial charge in [0.1, 0.15) is 0 Å². The Hall–Kier alpha value is -1.33. The van der Waals surface area contributed by atoms with E-state index in [1.54, 1.807) is 0 Å². The molecule has 0 bridgehead atoms. The second-order valence-corrected chi connectivity index (χ2v) is 4.71. The van der Waals surface area contributed by atoms with Gasteiger partial charge in [0.25, 0.3) is 0 Å². The molecule has 0 atom stereocenters. The number of nitrogens with zero attached hydrogens (tertiary/aromatic N) is 2. The Morgan fingerprint density at radius 1 is 1.44 bits per heavy atom. The molecule has 1 aromatic heterocycles. The van der Waals surface area contributed by atoms with Crippen LogP contribution in [0.1, 0.15) is 11.5 Å². The van der Waals surface area contributed by atoms with E-state index in [4.69, 9.17) is 10.3 Å². The van der Waals surface area contributed by atoms with Crippen molar-refractivity contribution in [3.05, 3.63) is 29.7 Å². The zero-order valence-electron chi connectivity index (χ0n) is 8.64. The van der Waals surface area contributed by atoms with E-state index >= 15 is 0 Å². The van der Waals surface area contributed by atoms with Crippen molar-refractivity contribution in [2.75, 3.05) is 5.75 Å². The molecule has 16 heavy (non-hydrogen) atoms. The van der Waals surface area contributed by atoms with E-state index in [1.807, 2.05) is 23.9 Å². The molecule has 5 heteroatoms. The van der Waals surface area contributed by atoms with E-state index in [0.717, 1.165) is 17.7 Å². The molecule has 2 heterocycles. The van der Waals surface area contributed by atoms with Crippen LogP contribution in [-0.4, -0.2) is 15.9 Å². The minimum atomic E-state index is 0.287. The first-order valence-electron chi connectivity index (χ1n) is 5.16. The lowest BCUT2D eigenvalue weighted by molar-refractivity contribution is 0.380. The molecule has 0 unspecified atom stereocenters. The minimum Gasteiger partial charge on any atom is -0.338 e. The second kappa shape index (κ2) is 3.92. The van der Waals surface area contributed by atoms with Crippen molar-refractivity contribution >= 4 is 11.8 Å². The molecule has 0 amide bonds. The number of hydrogen-bond donors (Lipinski definition) is 1. The fourth-order valence-corrected chi connectivity index (χ4v) is 3.03. The Bertz CT molecular complexity index is 524. The largest absolute Gasteiger partial charge is 0.338 e. The zero-order chi connectivity index (χ0) is 11.0. The summed E-state index contributed by atoms with van der Waals surface area (Å²) in [7, 11) is 0. The van der Waals surface area contributed by atoms with E-state index in [2.05, 4.69) is 16.2 Å². The number of aryl methyl sites for hydroxylation is 1. The van der Waals surface area contributed by atoms with E-state index < -0.39 is 0 Å². The van der Waals surface area contributed by atoms with Gasteiger partial charge < -0.3 is 10.3 Å². The first-order valence-corrected chi connectivity index (χ1v) is 6.15. The van der Waals surface area contributed by atoms with Crippen LogP contribution in [-0.2, 0) is 13.0 Å². The van der Waals surface area contributed by atoms with E-state index in [1.165, 1.54) is 10.5 Å². The number of fused-ring (bicyclic) bond motifs is 1. The van der Waals surface area contributed by atoms with Gasteiger partial charge in [0, 0.05) is 16.2 Å². The van der Waals surface area contributed by atoms with E-state index in [0.29, 0.717) is 11.7 Å². The molecule has 4 nitrogen and oxygen atoms in total. The maximum atomic E-state index is 5.45. The third kappa shape index (κ3) is 1.52. The third-order valence-electron chi connectivity index (χ3n) is 2.60. The van der Waals surface area contributed by atoms with Gasteiger partial charge in [0.05, 0.1) is 6.54 Å². The number of nitrogens with two attached hydrogens (primary N) is 1. The third-order valence-corrected chi connectivity index (χ3v) is 3.78. The average molecular weight is 233 g/mol. The Morgan fingerprint density at radius 2 is 2.38 bits per heavy atom. The van der Waals surface area contributed by atoms with Gasteiger partial charge in [-0.05, 0) is 18.1 Å². The molecule has 3 rings (SSSR count). The highest BCUT2D eigenvalue weighted by Gasteiger charge is 2.19. The quantitative estimate of drug-likeness (QED) is 0.857. The fraction of sp³-hybridized carbons (Fsp3) is 0.273. The summed E-state index contributed by atoms with van der Waals surface area (Å²) in [6, 6.07) is 6.23. The summed E-state index contributed by atoms with van der Waals surface area (Å²) in [4.78, 5) is 5.54. The number of benzene rings is 1. The summed E-state index contributed by atoms with van der Waals surface area (Å²) >= 11 is 1.85. The molecule has 0 radical (unpaired) electrons. The Labute approximate surface area is 97.2 Å². The number of hydrogen-bond acceptors (Lipinski definition) is 5. The normalized spacial score (nSPS) is 14.1. The SMILES string of the molecule is NCc1nc(-c2cccc3c2SCC3)no1. The van der Waals surface area contributed by atoms with Gasteiger partial charge in [-0.2, -0.15) is 4.98 Å². The van der Waals surface area contributed by atoms with Crippen molar-refractivity contribution in [3.8, 4) is 11.4 Å². The molecule has 82 valence electrons. The average Bonchev–Trinajstić information content (AvgIpc) is 2.97. The van der Waals surface area contributed by atoms with Crippen molar-refractivity contribution in [1.82, 2.24) is 10.1 Å². The van der Waals surface area contributed by atoms with Crippen molar-refractivity contribution < 1.29 is 4.52 Å². The van der Waals surface area contributed by atoms with Crippen LogP contribution in [0, 0.1) is 0 Å². The van der Waals surface area contributed by atoms with Crippen LogP contribution in [0.5, 0.6) is 0 Å². The van der Waals surface area contributed by atoms with Gasteiger partial charge in [-0.3, -0.25) is 0 Å². The smallest absolute Gasteiger partial charge is 0.240 e. The summed E-state index contributed by atoms with van der Waals surface area (Å²) < 4.78 is 5.03. The minimum absolute atomic E-state index is 0.287. The van der Waals surface area contributed by atoms with Crippen LogP contribution in [0.4, 0.5) is 0 Å². The lowest BCUT2D eigenvalue weighted by atomic mass is 10.1. The molecule has 1 aliphatic rings. The van der Waals surface area contributed by atoms with Crippen molar-refractivity contribution in [2.45, 2.75) is 17.9 Å². The Morgan fingerprint density at radius 3 is 3.19 bits per heavy atom. The standard InChI is InChI=1S/C11H11N3OS/c12-6-9-13-11(14-15-9)8-3-1-2-7-4-5-16-10(7)8/h1-3H,4-6,12H2. The highest BCUT2D eigenvalue weighted by molar-refractivity contribution is 7.99. The molecule has 0 saturated heterocycles. The van der Waals surface area contributed by atoms with Crippen LogP contribution in [0.25, 0.3) is 11.4 Å². The summed E-state index contributed by atoms with van der Waals surface area (Å²) in [5, 5.41) is 3.96. The summed E-state index contributed by atoms with van der Waals surface area (Å²) in [6.07, 6.45) is 1.12. The molecule has 1 aromatic carbocycles. The molecule has 2 aromatic rings. The van der Waals surface area contributed by atoms with Crippen LogP contribution in [0.3, 0.4) is 0 Å². The summed E-state index contributed by atoms with van der Waals surface area (Å²) in [5.74, 6) is 2.26. The lowest BCUT2D eigenvalue weighted by Crippen LogP contribution is -1.95. The molecule has 1 aliphatic heterocycles. The number of rotatable bonds is 2. The Balaban J connectivity index is 2.09. The van der Waals surface area contributed by atoms with Gasteiger partial charge >= 0.3 is 0 Å². The first-order chi connectivity index (χ1) is 7.88. The summed E-state index contributed by atoms with van der Waals surface area (Å²) in [5.41, 5.74) is 7.89. The molecule has 2 N–H and O–H groups in total. The lowest BCUT2D eigenvalue weighted by Gasteiger charge is -2.02. The van der Waals surface area contributed by atoms with Gasteiger partial charge in [-0.15, -0.1) is 11.8 Å². The van der Waals surface area contributed by atoms with Gasteiger partial charge in [-0.25, -0.2) is 0 Å². The first kappa shape index (κ1) is 9.86. The zero-order valence-corrected chi connectivity index (χ0v) is 9.46. The van der Waals surface area contributed by atoms with Crippen molar-refractivity contribution in [3.63, 3.8) is 0 Å². The van der Waals surface area contributed by atoms with Crippen LogP contribution in [0.15, 0.2) is 27.6 Å². The summed E-state index contributed by atoms with van der Waals surface area (Å²) in [6.45, 7) is 0.287. The van der Waals surface area contributed by atoms with Crippen molar-refractivity contribution in [2.24, 2.45) is 5.73 Å². The molecular weight excluding hydrogens is 222 g/mol. The van der Waals surface area contributed by atoms with Gasteiger partial charge in [-0.1, -0.05) is 17.3 Å². The van der Waals surface area contributed by atoms with Crippen LogP contribution >= 0.6 is 11.8 Å². The van der Waals surface area contributed by atoms with Crippen LogP contribution in [0.2, 0.25) is 0 Å². The van der Waals surface area contributed by atoms with Gasteiger partial charge in [0.2, 0.25) is 11.7 Å². The molecular formula is C11H11N3OS. The highest BCUT2D eigenvalue weighted by Crippen LogP contribution is 2.38. The fourth-order valence-electron chi connectivity index (χ4n) is 1.84. The highest BCUT2D eigenvalue weighted by atomic mass is 32.2. The van der Waals surface area contributed by atoms with E-state index in [-0.39, 0.29) is 6.54 Å². The molecule has 0 aliphatic carbocycles. The molecule has 0 fully saturated rings. The van der Waals surface area contributed by atoms with Crippen LogP contribution < -0.4 is 5.73 Å². The molecule has 0 spiro atoms. The topological polar surface area (TPSA) is 64.9 Å². The predicted octanol–water partition coefficient (Wildman–Crippen LogP) is 1.84. The van der Waals surface area contributed by atoms with E-state index in [9.17, 15) is 0 Å². The molecule has 0 saturated carbocycles. The number of thioether (sulfide) groups is 1. The maximum absolute atomic E-state index is 5.45. The second-order valence-electron chi connectivity index (χ2n) is 3.61.